The molecule has 3 N–H and O–H groups in total. The van der Waals surface area contributed by atoms with E-state index in [1.165, 1.54) is 6.33 Å². The predicted molar refractivity (Wildman–Crippen MR) is 96.2 cm³/mol. The average Bonchev–Trinajstić information content (AvgIpc) is 2.59. The standard InChI is InChI=1S/C16H15BrN6/c1-23(12-5-3-2-4-6-12)16-14(18)15(20-10-21-16)22-13-8-7-11(17)9-19-13/h2-10H,18H2,1H3,(H,19,20,21,22). The quantitative estimate of drug-likeness (QED) is 0.728. The SMILES string of the molecule is CN(c1ccccc1)c1ncnc(Nc2ccc(Br)cn2)c1N. The first-order valence-corrected chi connectivity index (χ1v) is 7.72. The number of nitrogens with two attached hydrogens (primary N) is 1. The van der Waals surface area contributed by atoms with Gasteiger partial charge in [0.2, 0.25) is 0 Å². The molecule has 0 saturated heterocycles. The highest BCUT2D eigenvalue weighted by molar-refractivity contribution is 9.10. The first kappa shape index (κ1) is 15.2. The van der Waals surface area contributed by atoms with Crippen LogP contribution in [0.2, 0.25) is 0 Å². The van der Waals surface area contributed by atoms with Crippen molar-refractivity contribution in [3.8, 4) is 0 Å². The first-order valence-electron chi connectivity index (χ1n) is 6.93. The van der Waals surface area contributed by atoms with Crippen molar-refractivity contribution < 1.29 is 0 Å². The van der Waals surface area contributed by atoms with Crippen LogP contribution in [-0.4, -0.2) is 22.0 Å². The molecule has 23 heavy (non-hydrogen) atoms. The van der Waals surface area contributed by atoms with E-state index in [1.54, 1.807) is 6.20 Å². The Hall–Kier alpha value is -2.67. The molecule has 1 aromatic carbocycles. The Bertz CT molecular complexity index is 791. The number of nitrogens with one attached hydrogen (secondary N) is 1. The molecule has 0 aliphatic carbocycles. The summed E-state index contributed by atoms with van der Waals surface area (Å²) in [4.78, 5) is 14.7. The van der Waals surface area contributed by atoms with Crippen molar-refractivity contribution in [1.82, 2.24) is 15.0 Å². The molecule has 3 aromatic rings. The predicted octanol–water partition coefficient (Wildman–Crippen LogP) is 3.73. The number of hydrogen-bond donors (Lipinski definition) is 2. The monoisotopic (exact) mass is 370 g/mol. The van der Waals surface area contributed by atoms with Gasteiger partial charge in [0.1, 0.15) is 17.8 Å². The molecular formula is C16H15BrN6. The molecule has 0 aliphatic heterocycles. The molecular weight excluding hydrogens is 356 g/mol. The molecule has 0 atom stereocenters. The largest absolute Gasteiger partial charge is 0.393 e. The number of hydrogen-bond acceptors (Lipinski definition) is 6. The number of aromatic nitrogens is 3. The van der Waals surface area contributed by atoms with Crippen LogP contribution in [0.1, 0.15) is 0 Å². The number of para-hydroxylation sites is 1. The Labute approximate surface area is 142 Å². The summed E-state index contributed by atoms with van der Waals surface area (Å²) in [5, 5.41) is 3.11. The fourth-order valence-corrected chi connectivity index (χ4v) is 2.33. The summed E-state index contributed by atoms with van der Waals surface area (Å²) in [6.45, 7) is 0. The minimum Gasteiger partial charge on any atom is -0.393 e. The van der Waals surface area contributed by atoms with E-state index in [4.69, 9.17) is 5.73 Å². The molecule has 0 radical (unpaired) electrons. The molecule has 0 bridgehead atoms. The summed E-state index contributed by atoms with van der Waals surface area (Å²) in [5.41, 5.74) is 7.69. The molecule has 0 spiro atoms. The maximum absolute atomic E-state index is 6.23. The van der Waals surface area contributed by atoms with E-state index in [1.807, 2.05) is 54.4 Å². The van der Waals surface area contributed by atoms with Crippen molar-refractivity contribution in [2.75, 3.05) is 23.0 Å². The van der Waals surface area contributed by atoms with Crippen molar-refractivity contribution in [1.29, 1.82) is 0 Å². The molecule has 0 saturated carbocycles. The van der Waals surface area contributed by atoms with Crippen LogP contribution < -0.4 is 16.0 Å². The van der Waals surface area contributed by atoms with E-state index in [2.05, 4.69) is 36.2 Å². The Morgan fingerprint density at radius 2 is 1.83 bits per heavy atom. The minimum atomic E-state index is 0.462. The van der Waals surface area contributed by atoms with E-state index in [0.717, 1.165) is 10.2 Å². The summed E-state index contributed by atoms with van der Waals surface area (Å²) in [7, 11) is 1.91. The van der Waals surface area contributed by atoms with Gasteiger partial charge in [-0.2, -0.15) is 0 Å². The normalized spacial score (nSPS) is 10.3. The van der Waals surface area contributed by atoms with Gasteiger partial charge in [-0.25, -0.2) is 15.0 Å². The highest BCUT2D eigenvalue weighted by Gasteiger charge is 2.13. The zero-order valence-corrected chi connectivity index (χ0v) is 14.0. The summed E-state index contributed by atoms with van der Waals surface area (Å²) in [5.74, 6) is 1.81. The Balaban J connectivity index is 1.90. The number of halogens is 1. The Morgan fingerprint density at radius 3 is 2.52 bits per heavy atom. The van der Waals surface area contributed by atoms with E-state index in [-0.39, 0.29) is 0 Å². The second-order valence-electron chi connectivity index (χ2n) is 4.84. The third-order valence-electron chi connectivity index (χ3n) is 3.30. The van der Waals surface area contributed by atoms with Crippen LogP contribution in [0.4, 0.5) is 28.8 Å². The number of anilines is 5. The van der Waals surface area contributed by atoms with Crippen LogP contribution in [0.15, 0.2) is 59.5 Å². The topological polar surface area (TPSA) is 80.0 Å². The molecule has 2 heterocycles. The van der Waals surface area contributed by atoms with Crippen LogP contribution in [-0.2, 0) is 0 Å². The summed E-state index contributed by atoms with van der Waals surface area (Å²) in [6.07, 6.45) is 3.18. The van der Waals surface area contributed by atoms with Gasteiger partial charge in [-0.3, -0.25) is 0 Å². The van der Waals surface area contributed by atoms with Crippen LogP contribution in [0, 0.1) is 0 Å². The molecule has 116 valence electrons. The number of nitrogen functional groups attached to an aromatic ring is 1. The average molecular weight is 371 g/mol. The molecule has 7 heteroatoms. The van der Waals surface area contributed by atoms with Crippen molar-refractivity contribution in [3.63, 3.8) is 0 Å². The minimum absolute atomic E-state index is 0.462. The van der Waals surface area contributed by atoms with E-state index in [9.17, 15) is 0 Å². The summed E-state index contributed by atoms with van der Waals surface area (Å²) >= 11 is 3.35. The van der Waals surface area contributed by atoms with Crippen molar-refractivity contribution in [2.45, 2.75) is 0 Å². The highest BCUT2D eigenvalue weighted by Crippen LogP contribution is 2.31. The van der Waals surface area contributed by atoms with Gasteiger partial charge in [0.15, 0.2) is 11.6 Å². The number of nitrogens with zero attached hydrogens (tertiary/aromatic N) is 4. The van der Waals surface area contributed by atoms with Gasteiger partial charge in [-0.15, -0.1) is 0 Å². The number of rotatable bonds is 4. The van der Waals surface area contributed by atoms with Crippen LogP contribution in [0.25, 0.3) is 0 Å². The second kappa shape index (κ2) is 6.62. The smallest absolute Gasteiger partial charge is 0.161 e. The van der Waals surface area contributed by atoms with Crippen LogP contribution >= 0.6 is 15.9 Å². The molecule has 3 rings (SSSR count). The third-order valence-corrected chi connectivity index (χ3v) is 3.77. The van der Waals surface area contributed by atoms with Gasteiger partial charge in [0.05, 0.1) is 0 Å². The fourth-order valence-electron chi connectivity index (χ4n) is 2.10. The molecule has 2 aromatic heterocycles. The van der Waals surface area contributed by atoms with E-state index in [0.29, 0.717) is 23.1 Å². The van der Waals surface area contributed by atoms with Gasteiger partial charge in [-0.1, -0.05) is 18.2 Å². The molecule has 0 unspecified atom stereocenters. The van der Waals surface area contributed by atoms with Gasteiger partial charge in [0, 0.05) is 23.4 Å². The van der Waals surface area contributed by atoms with Gasteiger partial charge < -0.3 is 16.0 Å². The number of benzene rings is 1. The maximum atomic E-state index is 6.23. The summed E-state index contributed by atoms with van der Waals surface area (Å²) < 4.78 is 0.906. The first-order chi connectivity index (χ1) is 11.1. The zero-order chi connectivity index (χ0) is 16.2. The zero-order valence-electron chi connectivity index (χ0n) is 12.4. The molecule has 0 amide bonds. The van der Waals surface area contributed by atoms with Crippen molar-refractivity contribution in [2.24, 2.45) is 0 Å². The maximum Gasteiger partial charge on any atom is 0.161 e. The van der Waals surface area contributed by atoms with Crippen LogP contribution in [0.5, 0.6) is 0 Å². The van der Waals surface area contributed by atoms with Gasteiger partial charge in [0.25, 0.3) is 0 Å². The molecule has 0 aliphatic rings. The van der Waals surface area contributed by atoms with Gasteiger partial charge in [-0.05, 0) is 40.2 Å². The van der Waals surface area contributed by atoms with Crippen LogP contribution in [0.3, 0.4) is 0 Å². The van der Waals surface area contributed by atoms with E-state index >= 15 is 0 Å². The Kier molecular flexibility index (Phi) is 4.38. The van der Waals surface area contributed by atoms with E-state index < -0.39 is 0 Å². The lowest BCUT2D eigenvalue weighted by Gasteiger charge is -2.20. The highest BCUT2D eigenvalue weighted by atomic mass is 79.9. The number of pyridine rings is 1. The second-order valence-corrected chi connectivity index (χ2v) is 5.76. The third kappa shape index (κ3) is 3.40. The Morgan fingerprint density at radius 1 is 1.04 bits per heavy atom. The lowest BCUT2D eigenvalue weighted by atomic mass is 10.3. The van der Waals surface area contributed by atoms with Gasteiger partial charge >= 0.3 is 0 Å². The summed E-state index contributed by atoms with van der Waals surface area (Å²) in [6, 6.07) is 13.6. The molecule has 0 fully saturated rings. The van der Waals surface area contributed by atoms with Crippen molar-refractivity contribution in [3.05, 3.63) is 59.5 Å². The van der Waals surface area contributed by atoms with Crippen molar-refractivity contribution >= 4 is 44.8 Å². The fraction of sp³-hybridized carbons (Fsp3) is 0.0625. The lowest BCUT2D eigenvalue weighted by Crippen LogP contribution is -2.15. The molecule has 6 nitrogen and oxygen atoms in total. The lowest BCUT2D eigenvalue weighted by molar-refractivity contribution is 1.08.